The average Bonchev–Trinajstić information content (AvgIpc) is 2.31. The van der Waals surface area contributed by atoms with Crippen LogP contribution in [0.2, 0.25) is 0 Å². The van der Waals surface area contributed by atoms with Crippen molar-refractivity contribution in [3.05, 3.63) is 0 Å². The van der Waals surface area contributed by atoms with Crippen LogP contribution in [0.4, 0.5) is 0 Å². The van der Waals surface area contributed by atoms with Crippen LogP contribution in [0, 0.1) is 0 Å². The summed E-state index contributed by atoms with van der Waals surface area (Å²) < 4.78 is 0. The zero-order valence-corrected chi connectivity index (χ0v) is 11.9. The molecule has 0 saturated carbocycles. The van der Waals surface area contributed by atoms with Crippen molar-refractivity contribution in [3.63, 3.8) is 0 Å². The standard InChI is InChI=1S/C15H33N/c1-4-5-6-7-8-9-10-11-12-13-14-15(2)16-3/h15-16H,4-14H2,1-3H3. The van der Waals surface area contributed by atoms with E-state index in [4.69, 9.17) is 0 Å². The molecule has 0 amide bonds. The van der Waals surface area contributed by atoms with Gasteiger partial charge in [0.15, 0.2) is 0 Å². The third-order valence-electron chi connectivity index (χ3n) is 3.48. The first-order chi connectivity index (χ1) is 7.81. The van der Waals surface area contributed by atoms with Crippen molar-refractivity contribution >= 4 is 0 Å². The van der Waals surface area contributed by atoms with Crippen LogP contribution in [-0.2, 0) is 0 Å². The summed E-state index contributed by atoms with van der Waals surface area (Å²) in [5, 5.41) is 3.30. The molecule has 0 aromatic rings. The third kappa shape index (κ3) is 12.0. The van der Waals surface area contributed by atoms with Gasteiger partial charge in [0, 0.05) is 6.04 Å². The molecule has 1 N–H and O–H groups in total. The molecule has 0 rings (SSSR count). The fourth-order valence-corrected chi connectivity index (χ4v) is 2.08. The van der Waals surface area contributed by atoms with E-state index in [-0.39, 0.29) is 0 Å². The van der Waals surface area contributed by atoms with E-state index < -0.39 is 0 Å². The molecule has 0 aliphatic rings. The van der Waals surface area contributed by atoms with E-state index in [1.165, 1.54) is 70.6 Å². The zero-order valence-electron chi connectivity index (χ0n) is 11.9. The summed E-state index contributed by atoms with van der Waals surface area (Å²) in [6, 6.07) is 0.703. The van der Waals surface area contributed by atoms with Gasteiger partial charge >= 0.3 is 0 Å². The zero-order chi connectivity index (χ0) is 12.1. The van der Waals surface area contributed by atoms with Gasteiger partial charge in [-0.15, -0.1) is 0 Å². The average molecular weight is 227 g/mol. The second kappa shape index (κ2) is 13.0. The van der Waals surface area contributed by atoms with E-state index in [0.717, 1.165) is 0 Å². The number of unbranched alkanes of at least 4 members (excludes halogenated alkanes) is 9. The fourth-order valence-electron chi connectivity index (χ4n) is 2.08. The Morgan fingerprint density at radius 1 is 0.750 bits per heavy atom. The van der Waals surface area contributed by atoms with Crippen LogP contribution < -0.4 is 5.32 Å². The number of rotatable bonds is 12. The Morgan fingerprint density at radius 3 is 1.62 bits per heavy atom. The van der Waals surface area contributed by atoms with Gasteiger partial charge in [0.25, 0.3) is 0 Å². The van der Waals surface area contributed by atoms with Gasteiger partial charge in [0.1, 0.15) is 0 Å². The second-order valence-electron chi connectivity index (χ2n) is 5.16. The Labute approximate surface area is 103 Å². The van der Waals surface area contributed by atoms with Crippen LogP contribution in [0.5, 0.6) is 0 Å². The van der Waals surface area contributed by atoms with E-state index in [9.17, 15) is 0 Å². The molecule has 98 valence electrons. The van der Waals surface area contributed by atoms with Gasteiger partial charge in [-0.25, -0.2) is 0 Å². The lowest BCUT2D eigenvalue weighted by molar-refractivity contribution is 0.502. The van der Waals surface area contributed by atoms with Crippen molar-refractivity contribution in [3.8, 4) is 0 Å². The molecule has 0 spiro atoms. The molecule has 0 aromatic carbocycles. The maximum Gasteiger partial charge on any atom is 0.00357 e. The molecule has 0 saturated heterocycles. The van der Waals surface area contributed by atoms with E-state index >= 15 is 0 Å². The van der Waals surface area contributed by atoms with Gasteiger partial charge in [-0.1, -0.05) is 71.1 Å². The fraction of sp³-hybridized carbons (Fsp3) is 1.00. The Balaban J connectivity index is 2.93. The maximum atomic E-state index is 3.30. The largest absolute Gasteiger partial charge is 0.317 e. The Morgan fingerprint density at radius 2 is 1.19 bits per heavy atom. The number of hydrogen-bond donors (Lipinski definition) is 1. The van der Waals surface area contributed by atoms with Gasteiger partial charge in [-0.2, -0.15) is 0 Å². The van der Waals surface area contributed by atoms with Crippen molar-refractivity contribution in [2.75, 3.05) is 7.05 Å². The first-order valence-electron chi connectivity index (χ1n) is 7.48. The third-order valence-corrected chi connectivity index (χ3v) is 3.48. The molecule has 1 nitrogen and oxygen atoms in total. The normalized spacial score (nSPS) is 12.9. The summed E-state index contributed by atoms with van der Waals surface area (Å²) in [7, 11) is 2.06. The van der Waals surface area contributed by atoms with Crippen LogP contribution in [-0.4, -0.2) is 13.1 Å². The first kappa shape index (κ1) is 16.0. The molecule has 0 bridgehead atoms. The monoisotopic (exact) mass is 227 g/mol. The van der Waals surface area contributed by atoms with Crippen LogP contribution in [0.3, 0.4) is 0 Å². The molecule has 0 fully saturated rings. The SMILES string of the molecule is CCCCCCCCCCCCC(C)NC. The summed E-state index contributed by atoms with van der Waals surface area (Å²) in [4.78, 5) is 0. The molecule has 1 unspecified atom stereocenters. The van der Waals surface area contributed by atoms with Crippen molar-refractivity contribution in [1.29, 1.82) is 0 Å². The van der Waals surface area contributed by atoms with Gasteiger partial charge in [-0.3, -0.25) is 0 Å². The van der Waals surface area contributed by atoms with Gasteiger partial charge in [0.2, 0.25) is 0 Å². The molecule has 1 heteroatoms. The summed E-state index contributed by atoms with van der Waals surface area (Å²) in [5.74, 6) is 0. The van der Waals surface area contributed by atoms with Crippen LogP contribution >= 0.6 is 0 Å². The molecule has 0 radical (unpaired) electrons. The predicted octanol–water partition coefficient (Wildman–Crippen LogP) is 4.91. The summed E-state index contributed by atoms with van der Waals surface area (Å²) in [6.07, 6.45) is 15.7. The van der Waals surface area contributed by atoms with Crippen molar-refractivity contribution < 1.29 is 0 Å². The summed E-state index contributed by atoms with van der Waals surface area (Å²) >= 11 is 0. The van der Waals surface area contributed by atoms with Crippen LogP contribution in [0.25, 0.3) is 0 Å². The molecular weight excluding hydrogens is 194 g/mol. The molecule has 0 aromatic heterocycles. The summed E-state index contributed by atoms with van der Waals surface area (Å²) in [6.45, 7) is 4.56. The Hall–Kier alpha value is -0.0400. The van der Waals surface area contributed by atoms with E-state index in [1.54, 1.807) is 0 Å². The Bertz CT molecular complexity index is 123. The first-order valence-corrected chi connectivity index (χ1v) is 7.48. The van der Waals surface area contributed by atoms with Gasteiger partial charge in [0.05, 0.1) is 0 Å². The van der Waals surface area contributed by atoms with Crippen molar-refractivity contribution in [2.45, 2.75) is 90.5 Å². The lowest BCUT2D eigenvalue weighted by Gasteiger charge is -2.08. The molecule has 1 atom stereocenters. The number of nitrogens with one attached hydrogen (secondary N) is 1. The van der Waals surface area contributed by atoms with Gasteiger partial charge in [-0.05, 0) is 20.4 Å². The second-order valence-corrected chi connectivity index (χ2v) is 5.16. The molecule has 0 heterocycles. The van der Waals surface area contributed by atoms with Crippen molar-refractivity contribution in [1.82, 2.24) is 5.32 Å². The topological polar surface area (TPSA) is 12.0 Å². The Kier molecular flexibility index (Phi) is 13.0. The number of hydrogen-bond acceptors (Lipinski definition) is 1. The quantitative estimate of drug-likeness (QED) is 0.467. The minimum absolute atomic E-state index is 0.703. The molecular formula is C15H33N. The predicted molar refractivity (Wildman–Crippen MR) is 75.0 cm³/mol. The molecule has 0 aliphatic carbocycles. The van der Waals surface area contributed by atoms with Crippen molar-refractivity contribution in [2.24, 2.45) is 0 Å². The lowest BCUT2D eigenvalue weighted by Crippen LogP contribution is -2.20. The molecule has 0 aliphatic heterocycles. The van der Waals surface area contributed by atoms with Crippen LogP contribution in [0.15, 0.2) is 0 Å². The highest BCUT2D eigenvalue weighted by Crippen LogP contribution is 2.11. The minimum atomic E-state index is 0.703. The highest BCUT2D eigenvalue weighted by Gasteiger charge is 1.97. The van der Waals surface area contributed by atoms with Gasteiger partial charge < -0.3 is 5.32 Å². The minimum Gasteiger partial charge on any atom is -0.317 e. The maximum absolute atomic E-state index is 3.30. The molecule has 16 heavy (non-hydrogen) atoms. The summed E-state index contributed by atoms with van der Waals surface area (Å²) in [5.41, 5.74) is 0. The highest BCUT2D eigenvalue weighted by molar-refractivity contribution is 4.56. The smallest absolute Gasteiger partial charge is 0.00357 e. The highest BCUT2D eigenvalue weighted by atomic mass is 14.8. The van der Waals surface area contributed by atoms with E-state index in [2.05, 4.69) is 26.2 Å². The van der Waals surface area contributed by atoms with E-state index in [1.807, 2.05) is 0 Å². The van der Waals surface area contributed by atoms with E-state index in [0.29, 0.717) is 6.04 Å². The lowest BCUT2D eigenvalue weighted by atomic mass is 10.0. The van der Waals surface area contributed by atoms with Crippen LogP contribution in [0.1, 0.15) is 84.5 Å².